The van der Waals surface area contributed by atoms with Gasteiger partial charge in [0.15, 0.2) is 0 Å². The second kappa shape index (κ2) is 8.06. The number of carbonyl (C=O) groups is 1. The van der Waals surface area contributed by atoms with E-state index < -0.39 is 0 Å². The van der Waals surface area contributed by atoms with Crippen LogP contribution in [-0.2, 0) is 6.54 Å². The first-order valence-corrected chi connectivity index (χ1v) is 8.74. The fourth-order valence-corrected chi connectivity index (χ4v) is 3.13. The number of benzene rings is 1. The number of likely N-dealkylation sites (tertiary alicyclic amines) is 1. The number of aromatic nitrogens is 1. The van der Waals surface area contributed by atoms with Gasteiger partial charge in [-0.3, -0.25) is 14.7 Å². The minimum atomic E-state index is -0.0563. The van der Waals surface area contributed by atoms with Gasteiger partial charge < -0.3 is 5.32 Å². The highest BCUT2D eigenvalue weighted by atomic mass is 16.1. The van der Waals surface area contributed by atoms with Crippen molar-refractivity contribution in [1.29, 1.82) is 0 Å². The van der Waals surface area contributed by atoms with Crippen LogP contribution in [0, 0.1) is 0 Å². The van der Waals surface area contributed by atoms with E-state index in [-0.39, 0.29) is 11.9 Å². The number of rotatable bonds is 5. The molecule has 3 rings (SSSR count). The molecule has 1 unspecified atom stereocenters. The van der Waals surface area contributed by atoms with Crippen molar-refractivity contribution < 1.29 is 4.79 Å². The fourth-order valence-electron chi connectivity index (χ4n) is 3.13. The van der Waals surface area contributed by atoms with E-state index in [1.54, 1.807) is 12.4 Å². The van der Waals surface area contributed by atoms with Crippen molar-refractivity contribution in [1.82, 2.24) is 15.2 Å². The van der Waals surface area contributed by atoms with Gasteiger partial charge in [-0.05, 0) is 62.2 Å². The van der Waals surface area contributed by atoms with Crippen LogP contribution in [0.2, 0.25) is 0 Å². The quantitative estimate of drug-likeness (QED) is 0.915. The van der Waals surface area contributed by atoms with E-state index in [4.69, 9.17) is 0 Å². The second-order valence-electron chi connectivity index (χ2n) is 6.52. The highest BCUT2D eigenvalue weighted by Crippen LogP contribution is 2.15. The smallest absolute Gasteiger partial charge is 0.251 e. The Morgan fingerprint density at radius 3 is 2.58 bits per heavy atom. The van der Waals surface area contributed by atoms with Gasteiger partial charge in [0.2, 0.25) is 0 Å². The van der Waals surface area contributed by atoms with E-state index in [2.05, 4.69) is 27.3 Å². The molecule has 1 amide bonds. The third-order valence-electron chi connectivity index (χ3n) is 4.60. The molecular formula is C20H25N3O. The molecule has 1 aliphatic heterocycles. The molecule has 0 aliphatic carbocycles. The van der Waals surface area contributed by atoms with Crippen LogP contribution < -0.4 is 5.32 Å². The van der Waals surface area contributed by atoms with Crippen LogP contribution in [-0.4, -0.2) is 28.9 Å². The molecule has 0 spiro atoms. The maximum absolute atomic E-state index is 12.4. The van der Waals surface area contributed by atoms with Crippen LogP contribution in [0.1, 0.15) is 53.7 Å². The molecule has 4 heteroatoms. The third-order valence-corrected chi connectivity index (χ3v) is 4.60. The highest BCUT2D eigenvalue weighted by molar-refractivity contribution is 5.94. The number of hydrogen-bond donors (Lipinski definition) is 1. The van der Waals surface area contributed by atoms with Crippen molar-refractivity contribution in [3.05, 3.63) is 65.5 Å². The monoisotopic (exact) mass is 323 g/mol. The fraction of sp³-hybridized carbons (Fsp3) is 0.400. The topological polar surface area (TPSA) is 45.2 Å². The average Bonchev–Trinajstić information content (AvgIpc) is 2.64. The number of nitrogens with one attached hydrogen (secondary N) is 1. The van der Waals surface area contributed by atoms with Gasteiger partial charge in [-0.15, -0.1) is 0 Å². The predicted octanol–water partition coefficient (Wildman–Crippen LogP) is 3.56. The summed E-state index contributed by atoms with van der Waals surface area (Å²) in [5, 5.41) is 3.02. The van der Waals surface area contributed by atoms with Crippen LogP contribution in [0.4, 0.5) is 0 Å². The molecule has 4 nitrogen and oxygen atoms in total. The molecular weight excluding hydrogens is 298 g/mol. The average molecular weight is 323 g/mol. The van der Waals surface area contributed by atoms with E-state index >= 15 is 0 Å². The Bertz CT molecular complexity index is 648. The first kappa shape index (κ1) is 16.7. The lowest BCUT2D eigenvalue weighted by molar-refractivity contribution is 0.0940. The molecule has 1 aromatic carbocycles. The zero-order valence-electron chi connectivity index (χ0n) is 14.2. The van der Waals surface area contributed by atoms with Gasteiger partial charge in [-0.1, -0.05) is 24.6 Å². The van der Waals surface area contributed by atoms with Crippen molar-refractivity contribution in [2.24, 2.45) is 0 Å². The van der Waals surface area contributed by atoms with E-state index in [1.165, 1.54) is 37.9 Å². The first-order chi connectivity index (χ1) is 11.7. The van der Waals surface area contributed by atoms with E-state index in [1.807, 2.05) is 31.2 Å². The zero-order valence-corrected chi connectivity index (χ0v) is 14.2. The maximum Gasteiger partial charge on any atom is 0.251 e. The van der Waals surface area contributed by atoms with Gasteiger partial charge in [0.25, 0.3) is 5.91 Å². The minimum absolute atomic E-state index is 0.0455. The van der Waals surface area contributed by atoms with Gasteiger partial charge in [-0.25, -0.2) is 0 Å². The van der Waals surface area contributed by atoms with Crippen molar-refractivity contribution in [3.63, 3.8) is 0 Å². The van der Waals surface area contributed by atoms with Crippen LogP contribution in [0.5, 0.6) is 0 Å². The van der Waals surface area contributed by atoms with Gasteiger partial charge in [0, 0.05) is 24.5 Å². The Balaban J connectivity index is 1.57. The summed E-state index contributed by atoms with van der Waals surface area (Å²) >= 11 is 0. The summed E-state index contributed by atoms with van der Waals surface area (Å²) in [6.45, 7) is 5.32. The molecule has 0 bridgehead atoms. The van der Waals surface area contributed by atoms with Crippen molar-refractivity contribution in [2.75, 3.05) is 13.1 Å². The number of nitrogens with zero attached hydrogens (tertiary/aromatic N) is 2. The van der Waals surface area contributed by atoms with E-state index in [0.29, 0.717) is 5.56 Å². The Labute approximate surface area is 143 Å². The lowest BCUT2D eigenvalue weighted by Crippen LogP contribution is -2.29. The molecule has 0 saturated carbocycles. The van der Waals surface area contributed by atoms with Gasteiger partial charge in [0.05, 0.1) is 6.04 Å². The van der Waals surface area contributed by atoms with Crippen molar-refractivity contribution in [3.8, 4) is 0 Å². The summed E-state index contributed by atoms with van der Waals surface area (Å²) in [7, 11) is 0. The largest absolute Gasteiger partial charge is 0.345 e. The number of hydrogen-bond acceptors (Lipinski definition) is 3. The van der Waals surface area contributed by atoms with Crippen molar-refractivity contribution in [2.45, 2.75) is 38.8 Å². The van der Waals surface area contributed by atoms with Crippen LogP contribution in [0.3, 0.4) is 0 Å². The Kier molecular flexibility index (Phi) is 5.59. The number of amides is 1. The van der Waals surface area contributed by atoms with Gasteiger partial charge >= 0.3 is 0 Å². The summed E-state index contributed by atoms with van der Waals surface area (Å²) in [5.74, 6) is -0.0455. The summed E-state index contributed by atoms with van der Waals surface area (Å²) in [6.07, 6.45) is 7.47. The first-order valence-electron chi connectivity index (χ1n) is 8.74. The Morgan fingerprint density at radius 1 is 1.17 bits per heavy atom. The molecule has 1 aliphatic rings. The number of piperidine rings is 1. The standard InChI is InChI=1S/C20H25N3O/c1-16(19-6-5-11-21-14-19)22-20(24)18-9-7-17(8-10-18)15-23-12-3-2-4-13-23/h5-11,14,16H,2-4,12-13,15H2,1H3,(H,22,24). The van der Waals surface area contributed by atoms with Crippen LogP contribution >= 0.6 is 0 Å². The third kappa shape index (κ3) is 4.42. The lowest BCUT2D eigenvalue weighted by atomic mass is 10.1. The molecule has 2 heterocycles. The predicted molar refractivity (Wildman–Crippen MR) is 95.7 cm³/mol. The molecule has 2 aromatic rings. The normalized spacial score (nSPS) is 16.5. The molecule has 126 valence electrons. The number of carbonyl (C=O) groups excluding carboxylic acids is 1. The molecule has 1 saturated heterocycles. The molecule has 0 radical (unpaired) electrons. The van der Waals surface area contributed by atoms with Gasteiger partial charge in [0.1, 0.15) is 0 Å². The number of pyridine rings is 1. The molecule has 1 fully saturated rings. The summed E-state index contributed by atoms with van der Waals surface area (Å²) in [4.78, 5) is 19.0. The van der Waals surface area contributed by atoms with Crippen LogP contribution in [0.15, 0.2) is 48.8 Å². The zero-order chi connectivity index (χ0) is 16.8. The molecule has 1 atom stereocenters. The molecule has 24 heavy (non-hydrogen) atoms. The maximum atomic E-state index is 12.4. The second-order valence-corrected chi connectivity index (χ2v) is 6.52. The Morgan fingerprint density at radius 2 is 1.92 bits per heavy atom. The summed E-state index contributed by atoms with van der Waals surface area (Å²) < 4.78 is 0. The molecule has 1 N–H and O–H groups in total. The highest BCUT2D eigenvalue weighted by Gasteiger charge is 2.13. The van der Waals surface area contributed by atoms with Gasteiger partial charge in [-0.2, -0.15) is 0 Å². The summed E-state index contributed by atoms with van der Waals surface area (Å²) in [5.41, 5.74) is 2.98. The van der Waals surface area contributed by atoms with Crippen molar-refractivity contribution >= 4 is 5.91 Å². The lowest BCUT2D eigenvalue weighted by Gasteiger charge is -2.26. The minimum Gasteiger partial charge on any atom is -0.345 e. The van der Waals surface area contributed by atoms with Crippen LogP contribution in [0.25, 0.3) is 0 Å². The Hall–Kier alpha value is -2.20. The van der Waals surface area contributed by atoms with E-state index in [0.717, 1.165) is 12.1 Å². The summed E-state index contributed by atoms with van der Waals surface area (Å²) in [6, 6.07) is 11.8. The van der Waals surface area contributed by atoms with E-state index in [9.17, 15) is 4.79 Å². The molecule has 1 aromatic heterocycles. The SMILES string of the molecule is CC(NC(=O)c1ccc(CN2CCCCC2)cc1)c1cccnc1.